The minimum absolute atomic E-state index is 0.0885. The number of amides is 1. The van der Waals surface area contributed by atoms with Gasteiger partial charge in [0, 0.05) is 19.4 Å². The van der Waals surface area contributed by atoms with E-state index in [4.69, 9.17) is 6.42 Å². The van der Waals surface area contributed by atoms with Crippen molar-refractivity contribution >= 4 is 5.91 Å². The number of nitrogens with one attached hydrogen (secondary N) is 1. The van der Waals surface area contributed by atoms with Crippen molar-refractivity contribution in [2.24, 2.45) is 10.8 Å². The second kappa shape index (κ2) is 5.94. The van der Waals surface area contributed by atoms with E-state index in [1.807, 2.05) is 6.92 Å². The maximum absolute atomic E-state index is 11.2. The molecule has 0 fully saturated rings. The van der Waals surface area contributed by atoms with Gasteiger partial charge in [-0.25, -0.2) is 0 Å². The largest absolute Gasteiger partial charge is 0.356 e. The smallest absolute Gasteiger partial charge is 0.219 e. The molecule has 0 unspecified atom stereocenters. The van der Waals surface area contributed by atoms with Crippen LogP contribution in [0.5, 0.6) is 0 Å². The molecule has 2 heteroatoms. The van der Waals surface area contributed by atoms with Gasteiger partial charge in [-0.05, 0) is 17.3 Å². The zero-order chi connectivity index (χ0) is 12.8. The fourth-order valence-electron chi connectivity index (χ4n) is 2.16. The van der Waals surface area contributed by atoms with Crippen LogP contribution in [0.1, 0.15) is 53.9 Å². The summed E-state index contributed by atoms with van der Waals surface area (Å²) in [6.45, 7) is 11.3. The molecule has 0 aliphatic heterocycles. The summed E-state index contributed by atoms with van der Waals surface area (Å²) in [5.41, 5.74) is 0.223. The van der Waals surface area contributed by atoms with Gasteiger partial charge in [-0.3, -0.25) is 4.79 Å². The number of carbonyl (C=O) groups excluding carboxylic acids is 1. The third kappa shape index (κ3) is 6.50. The Morgan fingerprint density at radius 2 is 1.81 bits per heavy atom. The summed E-state index contributed by atoms with van der Waals surface area (Å²) in [7, 11) is 0. The molecule has 0 saturated heterocycles. The second-order valence-electron chi connectivity index (χ2n) is 6.02. The topological polar surface area (TPSA) is 29.1 Å². The van der Waals surface area contributed by atoms with Gasteiger partial charge in [0.1, 0.15) is 0 Å². The molecule has 1 N–H and O–H groups in total. The summed E-state index contributed by atoms with van der Waals surface area (Å²) < 4.78 is 0. The third-order valence-corrected chi connectivity index (χ3v) is 2.62. The van der Waals surface area contributed by atoms with E-state index in [1.54, 1.807) is 0 Å². The monoisotopic (exact) mass is 223 g/mol. The van der Waals surface area contributed by atoms with Crippen LogP contribution in [0.2, 0.25) is 0 Å². The number of hydrogen-bond acceptors (Lipinski definition) is 1. The maximum atomic E-state index is 11.2. The number of rotatable bonds is 6. The van der Waals surface area contributed by atoms with Crippen LogP contribution in [0.3, 0.4) is 0 Å². The first kappa shape index (κ1) is 15.0. The predicted octanol–water partition coefficient (Wildman–Crippen LogP) is 2.98. The van der Waals surface area contributed by atoms with Crippen LogP contribution >= 0.6 is 0 Å². The average molecular weight is 223 g/mol. The van der Waals surface area contributed by atoms with Crippen LogP contribution in [0.25, 0.3) is 0 Å². The molecular weight excluding hydrogens is 198 g/mol. The van der Waals surface area contributed by atoms with E-state index >= 15 is 0 Å². The Kier molecular flexibility index (Phi) is 5.58. The lowest BCUT2D eigenvalue weighted by Crippen LogP contribution is -2.36. The van der Waals surface area contributed by atoms with Crippen molar-refractivity contribution in [1.82, 2.24) is 5.32 Å². The van der Waals surface area contributed by atoms with Gasteiger partial charge >= 0.3 is 0 Å². The molecule has 0 spiro atoms. The quantitative estimate of drug-likeness (QED) is 0.689. The van der Waals surface area contributed by atoms with Gasteiger partial charge in [-0.15, -0.1) is 12.3 Å². The Morgan fingerprint density at radius 1 is 1.25 bits per heavy atom. The van der Waals surface area contributed by atoms with Crippen molar-refractivity contribution in [3.05, 3.63) is 0 Å². The van der Waals surface area contributed by atoms with E-state index in [1.165, 1.54) is 0 Å². The van der Waals surface area contributed by atoms with E-state index in [0.717, 1.165) is 12.8 Å². The molecule has 0 bridgehead atoms. The third-order valence-electron chi connectivity index (χ3n) is 2.62. The summed E-state index contributed by atoms with van der Waals surface area (Å²) in [4.78, 5) is 11.2. The molecule has 0 heterocycles. The minimum atomic E-state index is 0.0885. The van der Waals surface area contributed by atoms with Gasteiger partial charge in [0.15, 0.2) is 0 Å². The lowest BCUT2D eigenvalue weighted by atomic mass is 9.73. The lowest BCUT2D eigenvalue weighted by Gasteiger charge is -2.34. The fourth-order valence-corrected chi connectivity index (χ4v) is 2.16. The van der Waals surface area contributed by atoms with Gasteiger partial charge in [0.25, 0.3) is 0 Å². The SMILES string of the molecule is C#CCC(C)(C)CC(C)(C)CNC(=O)CC. The summed E-state index contributed by atoms with van der Waals surface area (Å²) in [5.74, 6) is 2.83. The first-order valence-corrected chi connectivity index (χ1v) is 5.92. The molecule has 2 nitrogen and oxygen atoms in total. The van der Waals surface area contributed by atoms with Crippen molar-refractivity contribution < 1.29 is 4.79 Å². The highest BCUT2D eigenvalue weighted by Gasteiger charge is 2.28. The molecule has 0 saturated carbocycles. The van der Waals surface area contributed by atoms with Crippen molar-refractivity contribution in [2.45, 2.75) is 53.9 Å². The summed E-state index contributed by atoms with van der Waals surface area (Å²) in [5, 5.41) is 2.95. The summed E-state index contributed by atoms with van der Waals surface area (Å²) >= 11 is 0. The summed E-state index contributed by atoms with van der Waals surface area (Å²) in [6.07, 6.45) is 7.69. The van der Waals surface area contributed by atoms with E-state index < -0.39 is 0 Å². The molecule has 0 radical (unpaired) electrons. The zero-order valence-electron chi connectivity index (χ0n) is 11.3. The number of carbonyl (C=O) groups is 1. The highest BCUT2D eigenvalue weighted by molar-refractivity contribution is 5.75. The van der Waals surface area contributed by atoms with Gasteiger partial charge in [-0.1, -0.05) is 34.6 Å². The van der Waals surface area contributed by atoms with Gasteiger partial charge in [0.05, 0.1) is 0 Å². The van der Waals surface area contributed by atoms with Crippen molar-refractivity contribution in [1.29, 1.82) is 0 Å². The number of terminal acetylenes is 1. The van der Waals surface area contributed by atoms with Gasteiger partial charge in [-0.2, -0.15) is 0 Å². The highest BCUT2D eigenvalue weighted by atomic mass is 16.1. The fraction of sp³-hybridized carbons (Fsp3) is 0.786. The lowest BCUT2D eigenvalue weighted by molar-refractivity contribution is -0.121. The molecule has 0 aliphatic rings. The van der Waals surface area contributed by atoms with Gasteiger partial charge in [0.2, 0.25) is 5.91 Å². The Morgan fingerprint density at radius 3 is 2.25 bits per heavy atom. The normalized spacial score (nSPS) is 12.0. The van der Waals surface area contributed by atoms with Crippen LogP contribution in [-0.4, -0.2) is 12.5 Å². The van der Waals surface area contributed by atoms with Crippen molar-refractivity contribution in [3.63, 3.8) is 0 Å². The molecule has 0 aromatic rings. The Bertz CT molecular complexity index is 271. The molecule has 0 atom stereocenters. The summed E-state index contributed by atoms with van der Waals surface area (Å²) in [6, 6.07) is 0. The van der Waals surface area contributed by atoms with Crippen molar-refractivity contribution in [2.75, 3.05) is 6.54 Å². The first-order valence-electron chi connectivity index (χ1n) is 5.92. The minimum Gasteiger partial charge on any atom is -0.356 e. The van der Waals surface area contributed by atoms with E-state index in [0.29, 0.717) is 13.0 Å². The number of hydrogen-bond donors (Lipinski definition) is 1. The van der Waals surface area contributed by atoms with Crippen molar-refractivity contribution in [3.8, 4) is 12.3 Å². The van der Waals surface area contributed by atoms with Crippen LogP contribution in [0.15, 0.2) is 0 Å². The van der Waals surface area contributed by atoms with E-state index in [-0.39, 0.29) is 16.7 Å². The predicted molar refractivity (Wildman–Crippen MR) is 68.9 cm³/mol. The Hall–Kier alpha value is -0.970. The van der Waals surface area contributed by atoms with Crippen LogP contribution in [0, 0.1) is 23.2 Å². The van der Waals surface area contributed by atoms with Crippen LogP contribution < -0.4 is 5.32 Å². The first-order chi connectivity index (χ1) is 7.22. The molecule has 0 rings (SSSR count). The van der Waals surface area contributed by atoms with Crippen LogP contribution in [-0.2, 0) is 4.79 Å². The highest BCUT2D eigenvalue weighted by Crippen LogP contribution is 2.35. The molecule has 0 aromatic heterocycles. The Labute approximate surface area is 100 Å². The molecule has 1 amide bonds. The maximum Gasteiger partial charge on any atom is 0.219 e. The zero-order valence-corrected chi connectivity index (χ0v) is 11.3. The van der Waals surface area contributed by atoms with Crippen LogP contribution in [0.4, 0.5) is 0 Å². The molecule has 16 heavy (non-hydrogen) atoms. The van der Waals surface area contributed by atoms with Gasteiger partial charge < -0.3 is 5.32 Å². The standard InChI is InChI=1S/C14H25NO/c1-7-9-13(3,4)10-14(5,6)11-15-12(16)8-2/h1H,8-11H2,2-6H3,(H,15,16). The molecular formula is C14H25NO. The van der Waals surface area contributed by atoms with E-state index in [9.17, 15) is 4.79 Å². The molecule has 92 valence electrons. The average Bonchev–Trinajstić information content (AvgIpc) is 2.12. The molecule has 0 aliphatic carbocycles. The van der Waals surface area contributed by atoms with E-state index in [2.05, 4.69) is 38.9 Å². The Balaban J connectivity index is 4.24. The molecule has 0 aromatic carbocycles. The second-order valence-corrected chi connectivity index (χ2v) is 6.02.